The summed E-state index contributed by atoms with van der Waals surface area (Å²) in [6, 6.07) is -0.632. The Labute approximate surface area is 399 Å². The van der Waals surface area contributed by atoms with E-state index in [1.54, 1.807) is 6.08 Å². The van der Waals surface area contributed by atoms with Gasteiger partial charge in [-0.05, 0) is 32.1 Å². The molecule has 0 rings (SSSR count). The molecule has 0 aliphatic heterocycles. The number of hydrogen-bond acceptors (Lipinski definition) is 5. The maximum atomic E-state index is 12.5. The van der Waals surface area contributed by atoms with Gasteiger partial charge in [0.25, 0.3) is 0 Å². The zero-order valence-electron chi connectivity index (χ0n) is 43.3. The van der Waals surface area contributed by atoms with Gasteiger partial charge in [-0.3, -0.25) is 9.59 Å². The molecule has 0 aromatic heterocycles. The van der Waals surface area contributed by atoms with Gasteiger partial charge < -0.3 is 20.3 Å². The SMILES string of the molecule is CCCCCCCCCCCCCCCCCCC/C=C/C(O)C(CO)NC(=O)CCCCCCCCCCCCCCCCCCOC(=O)CCCCCCCCCCCCCC. The van der Waals surface area contributed by atoms with Crippen LogP contribution in [0.3, 0.4) is 0 Å². The molecule has 0 aromatic rings. The van der Waals surface area contributed by atoms with Crippen molar-refractivity contribution in [3.8, 4) is 0 Å². The van der Waals surface area contributed by atoms with Crippen molar-refractivity contribution < 1.29 is 24.5 Å². The zero-order valence-corrected chi connectivity index (χ0v) is 43.3. The third-order valence-electron chi connectivity index (χ3n) is 13.6. The van der Waals surface area contributed by atoms with E-state index in [9.17, 15) is 19.8 Å². The van der Waals surface area contributed by atoms with Gasteiger partial charge in [0, 0.05) is 12.8 Å². The number of hydrogen-bond donors (Lipinski definition) is 3. The molecule has 6 nitrogen and oxygen atoms in total. The number of carbonyl (C=O) groups is 2. The van der Waals surface area contributed by atoms with Gasteiger partial charge in [0.1, 0.15) is 0 Å². The lowest BCUT2D eigenvalue weighted by Gasteiger charge is -2.20. The van der Waals surface area contributed by atoms with Crippen molar-refractivity contribution in [1.29, 1.82) is 0 Å². The fourth-order valence-electron chi connectivity index (χ4n) is 9.11. The number of allylic oxidation sites excluding steroid dienone is 1. The van der Waals surface area contributed by atoms with Crippen LogP contribution in [0.1, 0.15) is 322 Å². The van der Waals surface area contributed by atoms with Crippen LogP contribution in [-0.4, -0.2) is 47.4 Å². The molecule has 1 amide bonds. The second-order valence-electron chi connectivity index (χ2n) is 20.0. The molecule has 64 heavy (non-hydrogen) atoms. The molecule has 2 unspecified atom stereocenters. The van der Waals surface area contributed by atoms with Crippen LogP contribution in [0.25, 0.3) is 0 Å². The Bertz CT molecular complexity index is 955. The van der Waals surface area contributed by atoms with E-state index in [-0.39, 0.29) is 18.5 Å². The number of esters is 1. The van der Waals surface area contributed by atoms with E-state index < -0.39 is 12.1 Å². The number of rotatable bonds is 54. The second kappa shape index (κ2) is 54.2. The Hall–Kier alpha value is -1.40. The molecular formula is C58H113NO5. The summed E-state index contributed by atoms with van der Waals surface area (Å²) in [7, 11) is 0. The van der Waals surface area contributed by atoms with Gasteiger partial charge in [-0.25, -0.2) is 0 Å². The monoisotopic (exact) mass is 904 g/mol. The lowest BCUT2D eigenvalue weighted by Crippen LogP contribution is -2.45. The summed E-state index contributed by atoms with van der Waals surface area (Å²) in [6.07, 6.45) is 63.7. The standard InChI is InChI=1S/C58H113NO5/c1-3-5-7-9-11-13-15-17-18-19-20-21-24-27-30-34-38-42-46-50-56(61)55(54-60)59-57(62)51-47-43-39-35-31-28-25-22-23-26-29-33-37-41-45-49-53-64-58(63)52-48-44-40-36-32-16-14-12-10-8-6-4-2/h46,50,55-56,60-61H,3-45,47-49,51-54H2,1-2H3,(H,59,62)/b50-46+. The van der Waals surface area contributed by atoms with E-state index in [2.05, 4.69) is 19.2 Å². The number of aliphatic hydroxyl groups is 2. The summed E-state index contributed by atoms with van der Waals surface area (Å²) in [5.74, 6) is -0.0683. The van der Waals surface area contributed by atoms with Gasteiger partial charge in [-0.15, -0.1) is 0 Å². The van der Waals surface area contributed by atoms with Gasteiger partial charge in [-0.1, -0.05) is 289 Å². The highest BCUT2D eigenvalue weighted by Crippen LogP contribution is 2.17. The fourth-order valence-corrected chi connectivity index (χ4v) is 9.11. The summed E-state index contributed by atoms with van der Waals surface area (Å²) in [4.78, 5) is 24.5. The molecular weight excluding hydrogens is 791 g/mol. The van der Waals surface area contributed by atoms with Gasteiger partial charge in [0.15, 0.2) is 0 Å². The molecule has 2 atom stereocenters. The van der Waals surface area contributed by atoms with Gasteiger partial charge in [0.05, 0.1) is 25.4 Å². The number of carbonyl (C=O) groups excluding carboxylic acids is 2. The van der Waals surface area contributed by atoms with Crippen LogP contribution in [0.15, 0.2) is 12.2 Å². The molecule has 0 aliphatic rings. The number of amides is 1. The fraction of sp³-hybridized carbons (Fsp3) is 0.931. The Morgan fingerprint density at radius 3 is 1.06 bits per heavy atom. The molecule has 0 fully saturated rings. The second-order valence-corrected chi connectivity index (χ2v) is 20.0. The molecule has 3 N–H and O–H groups in total. The first kappa shape index (κ1) is 62.6. The molecule has 0 aliphatic carbocycles. The first-order valence-electron chi connectivity index (χ1n) is 29.0. The summed E-state index contributed by atoms with van der Waals surface area (Å²) < 4.78 is 5.46. The highest BCUT2D eigenvalue weighted by Gasteiger charge is 2.18. The van der Waals surface area contributed by atoms with Crippen LogP contribution in [0.4, 0.5) is 0 Å². The van der Waals surface area contributed by atoms with Crippen molar-refractivity contribution >= 4 is 11.9 Å². The molecule has 0 bridgehead atoms. The predicted octanol–water partition coefficient (Wildman–Crippen LogP) is 17.7. The first-order valence-corrected chi connectivity index (χ1v) is 29.0. The number of nitrogens with one attached hydrogen (secondary N) is 1. The van der Waals surface area contributed by atoms with E-state index in [0.717, 1.165) is 44.9 Å². The van der Waals surface area contributed by atoms with Crippen LogP contribution in [0, 0.1) is 0 Å². The van der Waals surface area contributed by atoms with Crippen molar-refractivity contribution in [3.05, 3.63) is 12.2 Å². The Kier molecular flexibility index (Phi) is 53.0. The van der Waals surface area contributed by atoms with E-state index in [0.29, 0.717) is 19.4 Å². The van der Waals surface area contributed by atoms with Crippen LogP contribution < -0.4 is 5.32 Å². The maximum absolute atomic E-state index is 12.5. The Balaban J connectivity index is 3.45. The normalized spacial score (nSPS) is 12.6. The van der Waals surface area contributed by atoms with Crippen LogP contribution >= 0.6 is 0 Å². The summed E-state index contributed by atoms with van der Waals surface area (Å²) in [5, 5.41) is 23.2. The van der Waals surface area contributed by atoms with Crippen molar-refractivity contribution in [3.63, 3.8) is 0 Å². The predicted molar refractivity (Wildman–Crippen MR) is 278 cm³/mol. The molecule has 380 valence electrons. The number of ether oxygens (including phenoxy) is 1. The average molecular weight is 905 g/mol. The maximum Gasteiger partial charge on any atom is 0.305 e. The van der Waals surface area contributed by atoms with Crippen molar-refractivity contribution in [1.82, 2.24) is 5.32 Å². The van der Waals surface area contributed by atoms with Crippen molar-refractivity contribution in [2.75, 3.05) is 13.2 Å². The van der Waals surface area contributed by atoms with E-state index >= 15 is 0 Å². The van der Waals surface area contributed by atoms with Crippen molar-refractivity contribution in [2.45, 2.75) is 334 Å². The van der Waals surface area contributed by atoms with Crippen LogP contribution in [0.2, 0.25) is 0 Å². The number of aliphatic hydroxyl groups excluding tert-OH is 2. The molecule has 0 saturated heterocycles. The molecule has 0 heterocycles. The lowest BCUT2D eigenvalue weighted by atomic mass is 10.0. The molecule has 0 saturated carbocycles. The van der Waals surface area contributed by atoms with Gasteiger partial charge in [0.2, 0.25) is 5.91 Å². The topological polar surface area (TPSA) is 95.9 Å². The minimum atomic E-state index is -0.848. The Morgan fingerprint density at radius 2 is 0.719 bits per heavy atom. The van der Waals surface area contributed by atoms with Crippen LogP contribution in [0.5, 0.6) is 0 Å². The quantitative estimate of drug-likeness (QED) is 0.0321. The van der Waals surface area contributed by atoms with E-state index in [1.165, 1.54) is 250 Å². The van der Waals surface area contributed by atoms with E-state index in [1.807, 2.05) is 6.08 Å². The minimum absolute atomic E-state index is 0.00345. The van der Waals surface area contributed by atoms with Crippen molar-refractivity contribution in [2.24, 2.45) is 0 Å². The Morgan fingerprint density at radius 1 is 0.422 bits per heavy atom. The van der Waals surface area contributed by atoms with Gasteiger partial charge >= 0.3 is 5.97 Å². The molecule has 0 radical (unpaired) electrons. The third kappa shape index (κ3) is 50.0. The summed E-state index contributed by atoms with van der Waals surface area (Å²) in [6.45, 7) is 4.91. The number of unbranched alkanes of at least 4 members (excludes halogenated alkanes) is 43. The highest BCUT2D eigenvalue weighted by atomic mass is 16.5. The first-order chi connectivity index (χ1) is 31.5. The molecule has 0 aromatic carbocycles. The summed E-state index contributed by atoms with van der Waals surface area (Å²) in [5.41, 5.74) is 0. The minimum Gasteiger partial charge on any atom is -0.466 e. The molecule has 0 spiro atoms. The average Bonchev–Trinajstić information content (AvgIpc) is 3.29. The molecule has 6 heteroatoms. The van der Waals surface area contributed by atoms with Gasteiger partial charge in [-0.2, -0.15) is 0 Å². The summed E-state index contributed by atoms with van der Waals surface area (Å²) >= 11 is 0. The highest BCUT2D eigenvalue weighted by molar-refractivity contribution is 5.76. The third-order valence-corrected chi connectivity index (χ3v) is 13.6. The smallest absolute Gasteiger partial charge is 0.305 e. The lowest BCUT2D eigenvalue weighted by molar-refractivity contribution is -0.143. The largest absolute Gasteiger partial charge is 0.466 e. The van der Waals surface area contributed by atoms with E-state index in [4.69, 9.17) is 4.74 Å². The zero-order chi connectivity index (χ0) is 46.5. The van der Waals surface area contributed by atoms with Crippen LogP contribution in [-0.2, 0) is 14.3 Å².